The molecule has 2 amide bonds. The standard InChI is InChI=1S/C21H14F2N4O2/c22-13-9-10-16(15(23)12-13)25-21(29)19-26-18(17-8-4-5-11-27(17)19)20(28)24-14-6-2-1-3-7-14/h1-12H,(H,24,28)(H,25,29). The first-order valence-corrected chi connectivity index (χ1v) is 8.63. The molecule has 0 aliphatic carbocycles. The highest BCUT2D eigenvalue weighted by Crippen LogP contribution is 2.19. The second kappa shape index (κ2) is 7.51. The third kappa shape index (κ3) is 3.68. The zero-order valence-electron chi connectivity index (χ0n) is 14.9. The molecule has 0 fully saturated rings. The third-order valence-corrected chi connectivity index (χ3v) is 4.18. The van der Waals surface area contributed by atoms with Crippen molar-refractivity contribution in [2.75, 3.05) is 10.6 Å². The number of amides is 2. The van der Waals surface area contributed by atoms with Gasteiger partial charge in [-0.05, 0) is 36.4 Å². The van der Waals surface area contributed by atoms with Gasteiger partial charge in [-0.15, -0.1) is 0 Å². The Kier molecular flexibility index (Phi) is 4.74. The maximum atomic E-state index is 13.9. The number of nitrogens with zero attached hydrogens (tertiary/aromatic N) is 2. The van der Waals surface area contributed by atoms with Crippen molar-refractivity contribution in [3.8, 4) is 0 Å². The number of carbonyl (C=O) groups excluding carboxylic acids is 2. The smallest absolute Gasteiger partial charge is 0.292 e. The van der Waals surface area contributed by atoms with Gasteiger partial charge in [0.25, 0.3) is 11.8 Å². The number of benzene rings is 2. The van der Waals surface area contributed by atoms with E-state index in [1.165, 1.54) is 4.40 Å². The Balaban J connectivity index is 1.68. The molecule has 29 heavy (non-hydrogen) atoms. The van der Waals surface area contributed by atoms with Crippen LogP contribution in [-0.2, 0) is 0 Å². The predicted molar refractivity (Wildman–Crippen MR) is 104 cm³/mol. The van der Waals surface area contributed by atoms with Gasteiger partial charge in [-0.25, -0.2) is 13.8 Å². The lowest BCUT2D eigenvalue weighted by Gasteiger charge is -2.05. The lowest BCUT2D eigenvalue weighted by Crippen LogP contribution is -2.17. The van der Waals surface area contributed by atoms with Crippen LogP contribution in [0.4, 0.5) is 20.2 Å². The van der Waals surface area contributed by atoms with Gasteiger partial charge in [-0.3, -0.25) is 14.0 Å². The van der Waals surface area contributed by atoms with Crippen molar-refractivity contribution in [1.29, 1.82) is 0 Å². The minimum absolute atomic E-state index is 0.0409. The lowest BCUT2D eigenvalue weighted by atomic mass is 10.3. The number of anilines is 2. The molecule has 0 spiro atoms. The largest absolute Gasteiger partial charge is 0.321 e. The molecule has 2 heterocycles. The molecule has 0 saturated heterocycles. The van der Waals surface area contributed by atoms with Gasteiger partial charge in [0.15, 0.2) is 5.69 Å². The summed E-state index contributed by atoms with van der Waals surface area (Å²) in [5.74, 6) is -3.02. The molecule has 0 bridgehead atoms. The number of hydrogen-bond acceptors (Lipinski definition) is 3. The van der Waals surface area contributed by atoms with Crippen LogP contribution in [0.15, 0.2) is 72.9 Å². The molecule has 0 unspecified atom stereocenters. The molecule has 144 valence electrons. The third-order valence-electron chi connectivity index (χ3n) is 4.18. The second-order valence-electron chi connectivity index (χ2n) is 6.14. The summed E-state index contributed by atoms with van der Waals surface area (Å²) in [6, 6.07) is 16.6. The quantitative estimate of drug-likeness (QED) is 0.549. The highest BCUT2D eigenvalue weighted by molar-refractivity contribution is 6.10. The molecule has 2 aromatic heterocycles. The molecule has 0 aliphatic rings. The highest BCUT2D eigenvalue weighted by Gasteiger charge is 2.22. The van der Waals surface area contributed by atoms with Gasteiger partial charge < -0.3 is 10.6 Å². The predicted octanol–water partition coefficient (Wildman–Crippen LogP) is 4.12. The fraction of sp³-hybridized carbons (Fsp3) is 0. The lowest BCUT2D eigenvalue weighted by molar-refractivity contribution is 0.101. The topological polar surface area (TPSA) is 75.5 Å². The zero-order valence-corrected chi connectivity index (χ0v) is 14.9. The van der Waals surface area contributed by atoms with Crippen LogP contribution in [0.3, 0.4) is 0 Å². The number of nitrogens with one attached hydrogen (secondary N) is 2. The first-order valence-electron chi connectivity index (χ1n) is 8.63. The zero-order chi connectivity index (χ0) is 20.4. The van der Waals surface area contributed by atoms with Crippen molar-refractivity contribution >= 4 is 28.7 Å². The van der Waals surface area contributed by atoms with Crippen LogP contribution in [0.1, 0.15) is 21.1 Å². The number of halogens is 2. The number of para-hydroxylation sites is 1. The summed E-state index contributed by atoms with van der Waals surface area (Å²) in [5, 5.41) is 5.07. The van der Waals surface area contributed by atoms with Gasteiger partial charge in [0, 0.05) is 18.0 Å². The maximum absolute atomic E-state index is 13.9. The molecule has 2 aromatic carbocycles. The molecule has 0 saturated carbocycles. The number of fused-ring (bicyclic) bond motifs is 1. The summed E-state index contributed by atoms with van der Waals surface area (Å²) in [6.07, 6.45) is 1.57. The van der Waals surface area contributed by atoms with Crippen LogP contribution in [0.5, 0.6) is 0 Å². The van der Waals surface area contributed by atoms with Crippen molar-refractivity contribution in [2.24, 2.45) is 0 Å². The van der Waals surface area contributed by atoms with Gasteiger partial charge >= 0.3 is 0 Å². The number of aromatic nitrogens is 2. The van der Waals surface area contributed by atoms with E-state index in [0.717, 1.165) is 12.1 Å². The Morgan fingerprint density at radius 3 is 2.38 bits per heavy atom. The second-order valence-corrected chi connectivity index (χ2v) is 6.14. The van der Waals surface area contributed by atoms with E-state index in [9.17, 15) is 18.4 Å². The monoisotopic (exact) mass is 392 g/mol. The summed E-state index contributed by atoms with van der Waals surface area (Å²) in [7, 11) is 0. The molecule has 0 radical (unpaired) electrons. The Hall–Kier alpha value is -4.07. The molecule has 4 aromatic rings. The van der Waals surface area contributed by atoms with Gasteiger partial charge in [0.2, 0.25) is 5.82 Å². The number of imidazole rings is 1. The van der Waals surface area contributed by atoms with E-state index in [-0.39, 0.29) is 17.2 Å². The van der Waals surface area contributed by atoms with Crippen molar-refractivity contribution < 1.29 is 18.4 Å². The van der Waals surface area contributed by atoms with Gasteiger partial charge in [-0.2, -0.15) is 0 Å². The molecule has 8 heteroatoms. The van der Waals surface area contributed by atoms with Gasteiger partial charge in [0.1, 0.15) is 11.6 Å². The highest BCUT2D eigenvalue weighted by atomic mass is 19.1. The molecule has 6 nitrogen and oxygen atoms in total. The van der Waals surface area contributed by atoms with Crippen LogP contribution in [0.25, 0.3) is 5.52 Å². The molecule has 4 rings (SSSR count). The van der Waals surface area contributed by atoms with Crippen molar-refractivity contribution in [3.05, 3.63) is 96.1 Å². The Labute approximate surface area is 163 Å². The maximum Gasteiger partial charge on any atom is 0.292 e. The first-order chi connectivity index (χ1) is 14.0. The average molecular weight is 392 g/mol. The fourth-order valence-corrected chi connectivity index (χ4v) is 2.85. The summed E-state index contributed by atoms with van der Waals surface area (Å²) >= 11 is 0. The number of pyridine rings is 1. The number of hydrogen-bond donors (Lipinski definition) is 2. The van der Waals surface area contributed by atoms with E-state index in [0.29, 0.717) is 17.3 Å². The molecular weight excluding hydrogens is 378 g/mol. The molecule has 2 N–H and O–H groups in total. The number of carbonyl (C=O) groups is 2. The fourth-order valence-electron chi connectivity index (χ4n) is 2.85. The normalized spacial score (nSPS) is 10.7. The summed E-state index contributed by atoms with van der Waals surface area (Å²) < 4.78 is 28.4. The van der Waals surface area contributed by atoms with Crippen molar-refractivity contribution in [1.82, 2.24) is 9.38 Å². The van der Waals surface area contributed by atoms with Crippen molar-refractivity contribution in [2.45, 2.75) is 0 Å². The average Bonchev–Trinajstić information content (AvgIpc) is 3.11. The number of rotatable bonds is 4. The molecule has 0 aliphatic heterocycles. The minimum Gasteiger partial charge on any atom is -0.321 e. The van der Waals surface area contributed by atoms with E-state index in [4.69, 9.17) is 0 Å². The van der Waals surface area contributed by atoms with Gasteiger partial charge in [-0.1, -0.05) is 24.3 Å². The van der Waals surface area contributed by atoms with Crippen LogP contribution in [0.2, 0.25) is 0 Å². The SMILES string of the molecule is O=C(Nc1ccccc1)c1nc(C(=O)Nc2ccc(F)cc2F)n2ccccc12. The van der Waals surface area contributed by atoms with E-state index >= 15 is 0 Å². The molecule has 0 atom stereocenters. The summed E-state index contributed by atoms with van der Waals surface area (Å²) in [5.41, 5.74) is 0.832. The van der Waals surface area contributed by atoms with E-state index < -0.39 is 23.4 Å². The van der Waals surface area contributed by atoms with Crippen LogP contribution in [0, 0.1) is 11.6 Å². The van der Waals surface area contributed by atoms with Gasteiger partial charge in [0.05, 0.1) is 11.2 Å². The minimum atomic E-state index is -0.916. The summed E-state index contributed by atoms with van der Waals surface area (Å²) in [6.45, 7) is 0. The van der Waals surface area contributed by atoms with E-state index in [2.05, 4.69) is 15.6 Å². The van der Waals surface area contributed by atoms with Crippen LogP contribution in [-0.4, -0.2) is 21.2 Å². The Bertz CT molecular complexity index is 1220. The van der Waals surface area contributed by atoms with Crippen LogP contribution < -0.4 is 10.6 Å². The first kappa shape index (κ1) is 18.3. The van der Waals surface area contributed by atoms with E-state index in [1.54, 1.807) is 48.7 Å². The van der Waals surface area contributed by atoms with Crippen molar-refractivity contribution in [3.63, 3.8) is 0 Å². The Morgan fingerprint density at radius 1 is 0.862 bits per heavy atom. The molecular formula is C21H14F2N4O2. The van der Waals surface area contributed by atoms with Crippen LogP contribution >= 0.6 is 0 Å². The van der Waals surface area contributed by atoms with E-state index in [1.807, 2.05) is 6.07 Å². The summed E-state index contributed by atoms with van der Waals surface area (Å²) in [4.78, 5) is 29.5. The Morgan fingerprint density at radius 2 is 1.62 bits per heavy atom.